The number of aromatic nitrogens is 2. The highest BCUT2D eigenvalue weighted by Gasteiger charge is 2.57. The summed E-state index contributed by atoms with van der Waals surface area (Å²) in [6, 6.07) is 17.9. The van der Waals surface area contributed by atoms with Crippen molar-refractivity contribution < 1.29 is 0 Å². The molecule has 182 valence electrons. The Balaban J connectivity index is 1.64. The molecule has 5 nitrogen and oxygen atoms in total. The SMILES string of the molecule is CC(C)C1CCc2ncnc([N+]3(Cc4ccccc4)CC4(CCNCC4)c4c(CN)cccc43)c21. The van der Waals surface area contributed by atoms with Gasteiger partial charge in [0.15, 0.2) is 0 Å². The number of nitrogens with one attached hydrogen (secondary N) is 1. The molecule has 35 heavy (non-hydrogen) atoms. The summed E-state index contributed by atoms with van der Waals surface area (Å²) in [5, 5.41) is 3.62. The zero-order chi connectivity index (χ0) is 24.0. The van der Waals surface area contributed by atoms with Gasteiger partial charge in [0.2, 0.25) is 5.82 Å². The van der Waals surface area contributed by atoms with Crippen LogP contribution in [0, 0.1) is 5.92 Å². The van der Waals surface area contributed by atoms with Crippen molar-refractivity contribution in [2.24, 2.45) is 11.7 Å². The van der Waals surface area contributed by atoms with Gasteiger partial charge in [0.1, 0.15) is 18.6 Å². The quantitative estimate of drug-likeness (QED) is 0.512. The molecule has 2 aromatic carbocycles. The fourth-order valence-corrected chi connectivity index (χ4v) is 7.46. The van der Waals surface area contributed by atoms with Gasteiger partial charge in [-0.15, -0.1) is 0 Å². The first-order valence-electron chi connectivity index (χ1n) is 13.4. The van der Waals surface area contributed by atoms with Crippen molar-refractivity contribution in [1.29, 1.82) is 0 Å². The van der Waals surface area contributed by atoms with Gasteiger partial charge in [-0.1, -0.05) is 56.3 Å². The van der Waals surface area contributed by atoms with E-state index in [2.05, 4.69) is 67.7 Å². The summed E-state index contributed by atoms with van der Waals surface area (Å²) in [7, 11) is 0. The van der Waals surface area contributed by atoms with Gasteiger partial charge in [0.05, 0.1) is 23.2 Å². The van der Waals surface area contributed by atoms with Crippen LogP contribution in [0.15, 0.2) is 54.9 Å². The second kappa shape index (κ2) is 8.81. The minimum Gasteiger partial charge on any atom is -0.326 e. The Labute approximate surface area is 209 Å². The molecule has 0 bridgehead atoms. The van der Waals surface area contributed by atoms with E-state index in [1.165, 1.54) is 45.9 Å². The molecular weight excluding hydrogens is 430 g/mol. The van der Waals surface area contributed by atoms with Crippen LogP contribution in [0.3, 0.4) is 0 Å². The number of nitrogens with two attached hydrogens (primary N) is 1. The van der Waals surface area contributed by atoms with Gasteiger partial charge in [0, 0.05) is 17.7 Å². The lowest BCUT2D eigenvalue weighted by atomic mass is 9.73. The number of rotatable bonds is 5. The normalized spacial score (nSPS) is 24.6. The molecule has 1 saturated heterocycles. The largest absolute Gasteiger partial charge is 0.326 e. The van der Waals surface area contributed by atoms with Crippen molar-refractivity contribution in [3.63, 3.8) is 0 Å². The van der Waals surface area contributed by atoms with Crippen LogP contribution >= 0.6 is 0 Å². The highest BCUT2D eigenvalue weighted by Crippen LogP contribution is 2.57. The number of benzene rings is 2. The average molecular weight is 469 g/mol. The minimum atomic E-state index is 0.120. The molecule has 1 fully saturated rings. The van der Waals surface area contributed by atoms with Crippen LogP contribution in [0.5, 0.6) is 0 Å². The van der Waals surface area contributed by atoms with Gasteiger partial charge in [-0.25, -0.2) is 9.47 Å². The van der Waals surface area contributed by atoms with Crippen molar-refractivity contribution in [2.45, 2.75) is 64.0 Å². The Morgan fingerprint density at radius 3 is 2.60 bits per heavy atom. The van der Waals surface area contributed by atoms with Gasteiger partial charge < -0.3 is 11.1 Å². The highest BCUT2D eigenvalue weighted by atomic mass is 15.4. The summed E-state index contributed by atoms with van der Waals surface area (Å²) < 4.78 is 0.779. The van der Waals surface area contributed by atoms with Gasteiger partial charge >= 0.3 is 0 Å². The number of piperidine rings is 1. The number of quaternary nitrogens is 1. The van der Waals surface area contributed by atoms with Gasteiger partial charge in [0.25, 0.3) is 0 Å². The van der Waals surface area contributed by atoms with E-state index in [1.807, 2.05) is 6.33 Å². The fourth-order valence-electron chi connectivity index (χ4n) is 7.46. The molecular formula is C30H38N5+. The van der Waals surface area contributed by atoms with Crippen molar-refractivity contribution in [1.82, 2.24) is 19.8 Å². The lowest BCUT2D eigenvalue weighted by Crippen LogP contribution is -2.50. The van der Waals surface area contributed by atoms with Gasteiger partial charge in [-0.3, -0.25) is 0 Å². The molecule has 5 heteroatoms. The van der Waals surface area contributed by atoms with E-state index in [1.54, 1.807) is 0 Å². The topological polar surface area (TPSA) is 63.8 Å². The first-order valence-corrected chi connectivity index (χ1v) is 13.4. The molecule has 2 unspecified atom stereocenters. The molecule has 3 N–H and O–H groups in total. The summed E-state index contributed by atoms with van der Waals surface area (Å²) >= 11 is 0. The van der Waals surface area contributed by atoms with Gasteiger partial charge in [-0.2, -0.15) is 4.98 Å². The third kappa shape index (κ3) is 3.55. The van der Waals surface area contributed by atoms with Crippen LogP contribution in [0.4, 0.5) is 11.5 Å². The molecule has 6 rings (SSSR count). The molecule has 1 spiro atoms. The first-order chi connectivity index (χ1) is 17.1. The third-order valence-corrected chi connectivity index (χ3v) is 8.99. The Bertz CT molecular complexity index is 1210. The Morgan fingerprint density at radius 1 is 1.06 bits per heavy atom. The van der Waals surface area contributed by atoms with Gasteiger partial charge in [-0.05, 0) is 62.2 Å². The molecule has 0 amide bonds. The summed E-state index contributed by atoms with van der Waals surface area (Å²) in [6.07, 6.45) is 6.36. The first kappa shape index (κ1) is 22.8. The molecule has 1 aromatic heterocycles. The molecule has 0 radical (unpaired) electrons. The van der Waals surface area contributed by atoms with Crippen LogP contribution in [-0.4, -0.2) is 29.6 Å². The Hall–Kier alpha value is -2.60. The van der Waals surface area contributed by atoms with Crippen molar-refractivity contribution in [3.8, 4) is 0 Å². The molecule has 3 aliphatic rings. The molecule has 3 aromatic rings. The monoisotopic (exact) mass is 468 g/mol. The maximum Gasteiger partial charge on any atom is 0.239 e. The molecule has 2 aliphatic heterocycles. The van der Waals surface area contributed by atoms with Crippen molar-refractivity contribution in [3.05, 3.63) is 82.8 Å². The van der Waals surface area contributed by atoms with E-state index in [0.717, 1.165) is 49.9 Å². The standard InChI is InChI=1S/C30H38N5/c1-21(2)24-11-12-25-27(24)29(34-20-33-25)35(18-22-7-4-3-5-8-22)19-30(13-15-32-16-14-30)28-23(17-31)9-6-10-26(28)35/h3-10,20-21,24,32H,11-19,31H2,1-2H3/q+1. The Kier molecular flexibility index (Phi) is 5.75. The molecule has 1 aliphatic carbocycles. The number of nitrogens with zero attached hydrogens (tertiary/aromatic N) is 3. The predicted molar refractivity (Wildman–Crippen MR) is 143 cm³/mol. The minimum absolute atomic E-state index is 0.120. The smallest absolute Gasteiger partial charge is 0.239 e. The summed E-state index contributed by atoms with van der Waals surface area (Å²) in [4.78, 5) is 9.98. The zero-order valence-electron chi connectivity index (χ0n) is 21.1. The van der Waals surface area contributed by atoms with E-state index in [0.29, 0.717) is 18.4 Å². The molecule has 0 saturated carbocycles. The predicted octanol–water partition coefficient (Wildman–Crippen LogP) is 5.10. The molecule has 2 atom stereocenters. The summed E-state index contributed by atoms with van der Waals surface area (Å²) in [6.45, 7) is 9.36. The maximum atomic E-state index is 6.40. The number of aryl methyl sites for hydroxylation is 1. The number of hydrogen-bond donors (Lipinski definition) is 2. The fraction of sp³-hybridized carbons (Fsp3) is 0.467. The zero-order valence-corrected chi connectivity index (χ0v) is 21.1. The van der Waals surface area contributed by atoms with Crippen LogP contribution in [0.1, 0.15) is 67.0 Å². The van der Waals surface area contributed by atoms with Crippen molar-refractivity contribution >= 4 is 11.5 Å². The lowest BCUT2D eigenvalue weighted by Gasteiger charge is -2.39. The van der Waals surface area contributed by atoms with E-state index in [-0.39, 0.29) is 5.41 Å². The second-order valence-electron chi connectivity index (χ2n) is 11.3. The molecule has 3 heterocycles. The van der Waals surface area contributed by atoms with E-state index >= 15 is 0 Å². The lowest BCUT2D eigenvalue weighted by molar-refractivity contribution is 0.249. The van der Waals surface area contributed by atoms with Crippen LogP contribution in [0.2, 0.25) is 0 Å². The number of fused-ring (bicyclic) bond motifs is 3. The summed E-state index contributed by atoms with van der Waals surface area (Å²) in [5.41, 5.74) is 14.8. The third-order valence-electron chi connectivity index (χ3n) is 8.99. The summed E-state index contributed by atoms with van der Waals surface area (Å²) in [5.74, 6) is 2.32. The highest BCUT2D eigenvalue weighted by molar-refractivity contribution is 5.71. The average Bonchev–Trinajstić information content (AvgIpc) is 3.44. The second-order valence-corrected chi connectivity index (χ2v) is 11.3. The maximum absolute atomic E-state index is 6.40. The van der Waals surface area contributed by atoms with Crippen LogP contribution in [0.25, 0.3) is 0 Å². The van der Waals surface area contributed by atoms with Crippen molar-refractivity contribution in [2.75, 3.05) is 19.6 Å². The van der Waals surface area contributed by atoms with E-state index in [9.17, 15) is 0 Å². The Morgan fingerprint density at radius 2 is 1.86 bits per heavy atom. The van der Waals surface area contributed by atoms with Crippen LogP contribution in [-0.2, 0) is 24.9 Å². The van der Waals surface area contributed by atoms with Crippen LogP contribution < -0.4 is 15.5 Å². The number of hydrogen-bond acceptors (Lipinski definition) is 4. The van der Waals surface area contributed by atoms with E-state index < -0.39 is 0 Å². The van der Waals surface area contributed by atoms with E-state index in [4.69, 9.17) is 15.7 Å².